The summed E-state index contributed by atoms with van der Waals surface area (Å²) in [5, 5.41) is 0.418. The Morgan fingerprint density at radius 3 is 2.84 bits per heavy atom. The zero-order valence-electron chi connectivity index (χ0n) is 9.96. The van der Waals surface area contributed by atoms with Crippen molar-refractivity contribution in [2.45, 2.75) is 4.34 Å². The molecule has 0 unspecified atom stereocenters. The van der Waals surface area contributed by atoms with E-state index in [1.165, 1.54) is 0 Å². The zero-order valence-corrected chi connectivity index (χ0v) is 12.4. The minimum atomic E-state index is 0.418. The van der Waals surface area contributed by atoms with Crippen molar-refractivity contribution in [3.05, 3.63) is 41.7 Å². The lowest BCUT2D eigenvalue weighted by Gasteiger charge is -2.05. The van der Waals surface area contributed by atoms with Crippen molar-refractivity contribution in [2.75, 3.05) is 6.26 Å². The number of benzene rings is 1. The second kappa shape index (κ2) is 5.36. The van der Waals surface area contributed by atoms with Gasteiger partial charge in [-0.15, -0.1) is 11.3 Å². The van der Waals surface area contributed by atoms with E-state index < -0.39 is 0 Å². The maximum atomic E-state index is 5.83. The van der Waals surface area contributed by atoms with Gasteiger partial charge in [-0.05, 0) is 24.5 Å². The van der Waals surface area contributed by atoms with Gasteiger partial charge in [-0.25, -0.2) is 9.97 Å². The van der Waals surface area contributed by atoms with Gasteiger partial charge in [0.2, 0.25) is 0 Å². The Kier molecular flexibility index (Phi) is 3.59. The number of hydrogen-bond donors (Lipinski definition) is 0. The molecule has 6 heteroatoms. The van der Waals surface area contributed by atoms with Gasteiger partial charge in [-0.1, -0.05) is 23.4 Å². The van der Waals surface area contributed by atoms with E-state index in [0.717, 1.165) is 20.3 Å². The number of ether oxygens (including phenoxy) is 1. The molecule has 19 heavy (non-hydrogen) atoms. The van der Waals surface area contributed by atoms with E-state index in [-0.39, 0.29) is 0 Å². The molecule has 3 nitrogen and oxygen atoms in total. The van der Waals surface area contributed by atoms with Crippen LogP contribution in [0.2, 0.25) is 5.15 Å². The fraction of sp³-hybridized carbons (Fsp3) is 0.0769. The lowest BCUT2D eigenvalue weighted by molar-refractivity contribution is 0.483. The fourth-order valence-corrected chi connectivity index (χ4v) is 3.30. The SMILES string of the molecule is CSc1nc2ccc(Oc3ccnc(Cl)c3)cc2s1. The molecule has 0 aliphatic carbocycles. The molecule has 2 heterocycles. The molecule has 3 aromatic rings. The number of thiazole rings is 1. The van der Waals surface area contributed by atoms with Gasteiger partial charge in [0.1, 0.15) is 16.7 Å². The first-order chi connectivity index (χ1) is 9.24. The molecule has 0 saturated carbocycles. The minimum Gasteiger partial charge on any atom is -0.457 e. The number of pyridine rings is 1. The normalized spacial score (nSPS) is 10.8. The van der Waals surface area contributed by atoms with Crippen molar-refractivity contribution in [3.63, 3.8) is 0 Å². The molecule has 1 aromatic carbocycles. The van der Waals surface area contributed by atoms with Crippen LogP contribution in [0.5, 0.6) is 11.5 Å². The van der Waals surface area contributed by atoms with Crippen LogP contribution in [0.1, 0.15) is 0 Å². The van der Waals surface area contributed by atoms with Crippen molar-refractivity contribution >= 4 is 44.9 Å². The molecule has 0 aliphatic rings. The van der Waals surface area contributed by atoms with Gasteiger partial charge in [0.25, 0.3) is 0 Å². The van der Waals surface area contributed by atoms with Crippen LogP contribution in [0.4, 0.5) is 0 Å². The Hall–Kier alpha value is -1.30. The predicted molar refractivity (Wildman–Crippen MR) is 80.7 cm³/mol. The Morgan fingerprint density at radius 2 is 2.05 bits per heavy atom. The highest BCUT2D eigenvalue weighted by molar-refractivity contribution is 8.00. The van der Waals surface area contributed by atoms with Gasteiger partial charge in [0, 0.05) is 18.3 Å². The zero-order chi connectivity index (χ0) is 13.2. The van der Waals surface area contributed by atoms with Gasteiger partial charge in [0.05, 0.1) is 10.2 Å². The molecule has 3 rings (SSSR count). The number of rotatable bonds is 3. The lowest BCUT2D eigenvalue weighted by atomic mass is 10.3. The summed E-state index contributed by atoms with van der Waals surface area (Å²) in [7, 11) is 0. The maximum absolute atomic E-state index is 5.83. The van der Waals surface area contributed by atoms with E-state index in [9.17, 15) is 0 Å². The summed E-state index contributed by atoms with van der Waals surface area (Å²) in [6.45, 7) is 0. The number of fused-ring (bicyclic) bond motifs is 1. The summed E-state index contributed by atoms with van der Waals surface area (Å²) in [5.41, 5.74) is 0.995. The summed E-state index contributed by atoms with van der Waals surface area (Å²) in [5.74, 6) is 1.44. The predicted octanol–water partition coefficient (Wildman–Crippen LogP) is 4.86. The maximum Gasteiger partial charge on any atom is 0.150 e. The third kappa shape index (κ3) is 2.83. The smallest absolute Gasteiger partial charge is 0.150 e. The lowest BCUT2D eigenvalue weighted by Crippen LogP contribution is -1.84. The number of hydrogen-bond acceptors (Lipinski definition) is 5. The molecule has 96 valence electrons. The highest BCUT2D eigenvalue weighted by Gasteiger charge is 2.05. The van der Waals surface area contributed by atoms with Gasteiger partial charge in [0.15, 0.2) is 4.34 Å². The highest BCUT2D eigenvalue weighted by atomic mass is 35.5. The van der Waals surface area contributed by atoms with E-state index >= 15 is 0 Å². The number of nitrogens with zero attached hydrogens (tertiary/aromatic N) is 2. The molecule has 0 spiro atoms. The molecule has 0 saturated heterocycles. The summed E-state index contributed by atoms with van der Waals surface area (Å²) in [6.07, 6.45) is 3.64. The molecule has 0 amide bonds. The van der Waals surface area contributed by atoms with Gasteiger partial charge in [-0.3, -0.25) is 0 Å². The van der Waals surface area contributed by atoms with Gasteiger partial charge < -0.3 is 4.74 Å². The van der Waals surface area contributed by atoms with Crippen LogP contribution in [0.15, 0.2) is 40.9 Å². The Labute approximate surface area is 123 Å². The average molecular weight is 309 g/mol. The van der Waals surface area contributed by atoms with Crippen LogP contribution < -0.4 is 4.74 Å². The van der Waals surface area contributed by atoms with E-state index in [1.807, 2.05) is 24.5 Å². The second-order valence-electron chi connectivity index (χ2n) is 3.73. The first-order valence-corrected chi connectivity index (χ1v) is 7.90. The van der Waals surface area contributed by atoms with Crippen LogP contribution in [-0.4, -0.2) is 16.2 Å². The molecule has 0 atom stereocenters. The molecule has 0 aliphatic heterocycles. The molecular formula is C13H9ClN2OS2. The molecule has 2 aromatic heterocycles. The minimum absolute atomic E-state index is 0.418. The van der Waals surface area contributed by atoms with Crippen LogP contribution in [0.3, 0.4) is 0 Å². The van der Waals surface area contributed by atoms with Crippen molar-refractivity contribution in [3.8, 4) is 11.5 Å². The molecule has 0 bridgehead atoms. The van der Waals surface area contributed by atoms with Gasteiger partial charge >= 0.3 is 0 Å². The van der Waals surface area contributed by atoms with Crippen LogP contribution >= 0.6 is 34.7 Å². The second-order valence-corrected chi connectivity index (χ2v) is 6.20. The number of halogens is 1. The quantitative estimate of drug-likeness (QED) is 0.511. The summed E-state index contributed by atoms with van der Waals surface area (Å²) >= 11 is 9.13. The summed E-state index contributed by atoms with van der Waals surface area (Å²) in [6, 6.07) is 9.31. The largest absolute Gasteiger partial charge is 0.457 e. The monoisotopic (exact) mass is 308 g/mol. The van der Waals surface area contributed by atoms with Crippen LogP contribution in [0, 0.1) is 0 Å². The van der Waals surface area contributed by atoms with E-state index in [4.69, 9.17) is 16.3 Å². The van der Waals surface area contributed by atoms with Crippen molar-refractivity contribution in [1.82, 2.24) is 9.97 Å². The molecular weight excluding hydrogens is 300 g/mol. The fourth-order valence-electron chi connectivity index (χ4n) is 1.62. The Balaban J connectivity index is 1.92. The van der Waals surface area contributed by atoms with E-state index in [1.54, 1.807) is 41.4 Å². The first-order valence-electron chi connectivity index (χ1n) is 5.48. The van der Waals surface area contributed by atoms with E-state index in [0.29, 0.717) is 10.9 Å². The number of thioether (sulfide) groups is 1. The summed E-state index contributed by atoms with van der Waals surface area (Å²) in [4.78, 5) is 8.41. The molecule has 0 fully saturated rings. The highest BCUT2D eigenvalue weighted by Crippen LogP contribution is 2.32. The van der Waals surface area contributed by atoms with Crippen molar-refractivity contribution < 1.29 is 4.74 Å². The van der Waals surface area contributed by atoms with Crippen molar-refractivity contribution in [1.29, 1.82) is 0 Å². The number of aromatic nitrogens is 2. The van der Waals surface area contributed by atoms with Gasteiger partial charge in [-0.2, -0.15) is 0 Å². The topological polar surface area (TPSA) is 35.0 Å². The van der Waals surface area contributed by atoms with Crippen LogP contribution in [0.25, 0.3) is 10.2 Å². The Bertz CT molecular complexity index is 729. The average Bonchev–Trinajstić information content (AvgIpc) is 2.81. The van der Waals surface area contributed by atoms with Crippen LogP contribution in [-0.2, 0) is 0 Å². The third-order valence-electron chi connectivity index (χ3n) is 2.45. The summed E-state index contributed by atoms with van der Waals surface area (Å²) < 4.78 is 7.93. The van der Waals surface area contributed by atoms with Crippen molar-refractivity contribution in [2.24, 2.45) is 0 Å². The Morgan fingerprint density at radius 1 is 1.21 bits per heavy atom. The standard InChI is InChI=1S/C13H9ClN2OS2/c1-18-13-16-10-3-2-8(6-11(10)19-13)17-9-4-5-15-12(14)7-9/h2-7H,1H3. The first kappa shape index (κ1) is 12.7. The molecule has 0 N–H and O–H groups in total. The molecule has 0 radical (unpaired) electrons. The third-order valence-corrected chi connectivity index (χ3v) is 4.66. The van der Waals surface area contributed by atoms with E-state index in [2.05, 4.69) is 9.97 Å².